The third kappa shape index (κ3) is 4.85. The number of hydrogen-bond acceptors (Lipinski definition) is 2. The van der Waals surface area contributed by atoms with E-state index in [1.54, 1.807) is 6.07 Å². The lowest BCUT2D eigenvalue weighted by atomic mass is 9.99. The number of halogens is 3. The van der Waals surface area contributed by atoms with Gasteiger partial charge in [-0.1, -0.05) is 25.5 Å². The molecule has 3 N–H and O–H groups in total. The molecule has 1 atom stereocenters. The van der Waals surface area contributed by atoms with Crippen LogP contribution >= 0.6 is 0 Å². The Kier molecular flexibility index (Phi) is 6.01. The van der Waals surface area contributed by atoms with Gasteiger partial charge in [-0.05, 0) is 24.1 Å². The molecule has 0 bridgehead atoms. The van der Waals surface area contributed by atoms with Crippen LogP contribution in [0.3, 0.4) is 0 Å². The summed E-state index contributed by atoms with van der Waals surface area (Å²) < 4.78 is 38.1. The molecule has 1 aromatic carbocycles. The lowest BCUT2D eigenvalue weighted by molar-refractivity contribution is -0.137. The molecule has 0 radical (unpaired) electrons. The Balaban J connectivity index is 2.94. The van der Waals surface area contributed by atoms with E-state index in [0.717, 1.165) is 18.6 Å². The topological polar surface area (TPSA) is 55.1 Å². The summed E-state index contributed by atoms with van der Waals surface area (Å²) in [6, 6.07) is 4.65. The predicted octanol–water partition coefficient (Wildman–Crippen LogP) is 3.01. The van der Waals surface area contributed by atoms with Crippen LogP contribution in [0.25, 0.3) is 0 Å². The second-order valence-electron chi connectivity index (χ2n) is 4.57. The molecule has 1 aromatic rings. The maximum absolute atomic E-state index is 12.7. The van der Waals surface area contributed by atoms with Gasteiger partial charge in [0, 0.05) is 13.0 Å². The molecular formula is C14H19F3N2O. The van der Waals surface area contributed by atoms with Crippen molar-refractivity contribution >= 4 is 5.91 Å². The Hall–Kier alpha value is -1.56. The van der Waals surface area contributed by atoms with E-state index in [9.17, 15) is 18.0 Å². The number of amides is 1. The molecule has 1 unspecified atom stereocenters. The molecule has 0 aliphatic rings. The third-order valence-corrected chi connectivity index (χ3v) is 2.90. The Labute approximate surface area is 116 Å². The van der Waals surface area contributed by atoms with Gasteiger partial charge in [-0.3, -0.25) is 4.79 Å². The Morgan fingerprint density at radius 1 is 1.40 bits per heavy atom. The maximum atomic E-state index is 12.7. The Morgan fingerprint density at radius 2 is 2.10 bits per heavy atom. The molecule has 112 valence electrons. The number of nitrogens with one attached hydrogen (secondary N) is 1. The van der Waals surface area contributed by atoms with Crippen molar-refractivity contribution in [3.05, 3.63) is 35.4 Å². The lowest BCUT2D eigenvalue weighted by Gasteiger charge is -2.19. The quantitative estimate of drug-likeness (QED) is 0.845. The minimum Gasteiger partial charge on any atom is -0.349 e. The number of hydrogen-bond donors (Lipinski definition) is 2. The summed E-state index contributed by atoms with van der Waals surface area (Å²) in [7, 11) is 0. The summed E-state index contributed by atoms with van der Waals surface area (Å²) in [5.41, 5.74) is 5.05. The molecule has 0 saturated heterocycles. The van der Waals surface area contributed by atoms with Crippen molar-refractivity contribution < 1.29 is 18.0 Å². The van der Waals surface area contributed by atoms with E-state index in [4.69, 9.17) is 5.73 Å². The van der Waals surface area contributed by atoms with Gasteiger partial charge in [-0.15, -0.1) is 0 Å². The number of rotatable bonds is 6. The minimum absolute atomic E-state index is 0.166. The Bertz CT molecular complexity index is 446. The molecular weight excluding hydrogens is 269 g/mol. The third-order valence-electron chi connectivity index (χ3n) is 2.90. The molecule has 0 aliphatic heterocycles. The normalized spacial score (nSPS) is 13.1. The van der Waals surface area contributed by atoms with E-state index in [1.165, 1.54) is 6.07 Å². The molecule has 0 aliphatic carbocycles. The van der Waals surface area contributed by atoms with Gasteiger partial charge in [0.15, 0.2) is 0 Å². The average Bonchev–Trinajstić information content (AvgIpc) is 2.38. The second-order valence-corrected chi connectivity index (χ2v) is 4.57. The summed E-state index contributed by atoms with van der Waals surface area (Å²) in [5.74, 6) is -0.247. The first-order valence-electron chi connectivity index (χ1n) is 6.55. The van der Waals surface area contributed by atoms with E-state index in [1.807, 2.05) is 6.92 Å². The van der Waals surface area contributed by atoms with Crippen LogP contribution in [0.15, 0.2) is 24.3 Å². The fourth-order valence-corrected chi connectivity index (χ4v) is 1.94. The van der Waals surface area contributed by atoms with Gasteiger partial charge in [0.05, 0.1) is 11.6 Å². The number of nitrogens with two attached hydrogens (primary N) is 1. The molecule has 1 rings (SSSR count). The van der Waals surface area contributed by atoms with Gasteiger partial charge < -0.3 is 11.1 Å². The summed E-state index contributed by atoms with van der Waals surface area (Å²) >= 11 is 0. The van der Waals surface area contributed by atoms with E-state index < -0.39 is 17.8 Å². The molecule has 0 spiro atoms. The molecule has 0 aromatic heterocycles. The van der Waals surface area contributed by atoms with Crippen LogP contribution in [0.4, 0.5) is 13.2 Å². The summed E-state index contributed by atoms with van der Waals surface area (Å²) in [6.45, 7) is 2.13. The highest BCUT2D eigenvalue weighted by Crippen LogP contribution is 2.31. The van der Waals surface area contributed by atoms with Gasteiger partial charge in [0.1, 0.15) is 0 Å². The molecule has 0 saturated carbocycles. The molecule has 0 fully saturated rings. The standard InChI is InChI=1S/C14H19F3N2O/c1-2-4-12(19-13(20)7-8-18)10-5-3-6-11(9-10)14(15,16)17/h3,5-6,9,12H,2,4,7-8,18H2,1H3,(H,19,20). The summed E-state index contributed by atoms with van der Waals surface area (Å²) in [5, 5.41) is 2.73. The first kappa shape index (κ1) is 16.5. The molecule has 1 amide bonds. The lowest BCUT2D eigenvalue weighted by Crippen LogP contribution is -2.30. The van der Waals surface area contributed by atoms with Crippen molar-refractivity contribution in [1.82, 2.24) is 5.32 Å². The fraction of sp³-hybridized carbons (Fsp3) is 0.500. The first-order valence-corrected chi connectivity index (χ1v) is 6.55. The summed E-state index contributed by atoms with van der Waals surface area (Å²) in [4.78, 5) is 11.6. The molecule has 0 heterocycles. The number of alkyl halides is 3. The van der Waals surface area contributed by atoms with E-state index in [-0.39, 0.29) is 18.9 Å². The highest BCUT2D eigenvalue weighted by Gasteiger charge is 2.31. The maximum Gasteiger partial charge on any atom is 0.416 e. The van der Waals surface area contributed by atoms with Crippen molar-refractivity contribution in [2.45, 2.75) is 38.4 Å². The second kappa shape index (κ2) is 7.28. The van der Waals surface area contributed by atoms with E-state index >= 15 is 0 Å². The van der Waals surface area contributed by atoms with Crippen LogP contribution in [0.1, 0.15) is 43.4 Å². The van der Waals surface area contributed by atoms with Crippen LogP contribution in [0, 0.1) is 0 Å². The van der Waals surface area contributed by atoms with E-state index in [0.29, 0.717) is 12.0 Å². The summed E-state index contributed by atoms with van der Waals surface area (Å²) in [6.07, 6.45) is -2.88. The van der Waals surface area contributed by atoms with Crippen molar-refractivity contribution in [3.8, 4) is 0 Å². The van der Waals surface area contributed by atoms with Gasteiger partial charge in [0.25, 0.3) is 0 Å². The highest BCUT2D eigenvalue weighted by molar-refractivity contribution is 5.76. The number of benzene rings is 1. The van der Waals surface area contributed by atoms with Gasteiger partial charge in [-0.25, -0.2) is 0 Å². The number of carbonyl (C=O) groups excluding carboxylic acids is 1. The zero-order valence-corrected chi connectivity index (χ0v) is 11.3. The first-order chi connectivity index (χ1) is 9.38. The molecule has 20 heavy (non-hydrogen) atoms. The predicted molar refractivity (Wildman–Crippen MR) is 70.9 cm³/mol. The SMILES string of the molecule is CCCC(NC(=O)CCN)c1cccc(C(F)(F)F)c1. The zero-order valence-electron chi connectivity index (χ0n) is 11.3. The smallest absolute Gasteiger partial charge is 0.349 e. The minimum atomic E-state index is -4.38. The molecule has 3 nitrogen and oxygen atoms in total. The van der Waals surface area contributed by atoms with Gasteiger partial charge in [0.2, 0.25) is 5.91 Å². The van der Waals surface area contributed by atoms with Gasteiger partial charge >= 0.3 is 6.18 Å². The van der Waals surface area contributed by atoms with Crippen molar-refractivity contribution in [3.63, 3.8) is 0 Å². The highest BCUT2D eigenvalue weighted by atomic mass is 19.4. The average molecular weight is 288 g/mol. The van der Waals surface area contributed by atoms with Crippen LogP contribution in [-0.4, -0.2) is 12.5 Å². The van der Waals surface area contributed by atoms with Crippen LogP contribution in [-0.2, 0) is 11.0 Å². The molecule has 6 heteroatoms. The van der Waals surface area contributed by atoms with Gasteiger partial charge in [-0.2, -0.15) is 13.2 Å². The van der Waals surface area contributed by atoms with Crippen LogP contribution in [0.2, 0.25) is 0 Å². The van der Waals surface area contributed by atoms with Crippen LogP contribution in [0.5, 0.6) is 0 Å². The largest absolute Gasteiger partial charge is 0.416 e. The van der Waals surface area contributed by atoms with Crippen LogP contribution < -0.4 is 11.1 Å². The fourth-order valence-electron chi connectivity index (χ4n) is 1.94. The van der Waals surface area contributed by atoms with Crippen molar-refractivity contribution in [1.29, 1.82) is 0 Å². The number of carbonyl (C=O) groups is 1. The Morgan fingerprint density at radius 3 is 2.65 bits per heavy atom. The van der Waals surface area contributed by atoms with E-state index in [2.05, 4.69) is 5.32 Å². The zero-order chi connectivity index (χ0) is 15.2. The monoisotopic (exact) mass is 288 g/mol. The van der Waals surface area contributed by atoms with Crippen molar-refractivity contribution in [2.75, 3.05) is 6.54 Å². The van der Waals surface area contributed by atoms with Crippen molar-refractivity contribution in [2.24, 2.45) is 5.73 Å².